The summed E-state index contributed by atoms with van der Waals surface area (Å²) in [5.41, 5.74) is 1.28. The van der Waals surface area contributed by atoms with E-state index in [1.165, 1.54) is 32.6 Å². The van der Waals surface area contributed by atoms with Crippen LogP contribution in [-0.2, 0) is 28.5 Å². The number of methoxy groups -OCH3 is 2. The van der Waals surface area contributed by atoms with Crippen molar-refractivity contribution in [2.45, 2.75) is 25.9 Å². The molecular weight excluding hydrogens is 336 g/mol. The van der Waals surface area contributed by atoms with E-state index in [-0.39, 0.29) is 22.9 Å². The molecule has 0 radical (unpaired) electrons. The van der Waals surface area contributed by atoms with E-state index >= 15 is 0 Å². The number of ketones is 1. The Kier molecular flexibility index (Phi) is 8.71. The van der Waals surface area contributed by atoms with Crippen molar-refractivity contribution in [1.82, 2.24) is 0 Å². The Morgan fingerprint density at radius 3 is 2.71 bits per heavy atom. The molecule has 0 amide bonds. The number of carbonyl (C=O) groups excluding carboxylic acids is 2. The Morgan fingerprint density at radius 2 is 2.17 bits per heavy atom. The van der Waals surface area contributed by atoms with Gasteiger partial charge in [-0.2, -0.15) is 0 Å². The fourth-order valence-corrected chi connectivity index (χ4v) is 2.26. The maximum Gasteiger partial charge on any atom is 0.159 e. The van der Waals surface area contributed by atoms with Gasteiger partial charge < -0.3 is 18.9 Å². The molecule has 6 nitrogen and oxygen atoms in total. The zero-order chi connectivity index (χ0) is 17.9. The van der Waals surface area contributed by atoms with Crippen LogP contribution < -0.4 is 0 Å². The van der Waals surface area contributed by atoms with Crippen molar-refractivity contribution in [1.29, 1.82) is 0 Å². The van der Waals surface area contributed by atoms with E-state index in [9.17, 15) is 9.59 Å². The van der Waals surface area contributed by atoms with E-state index in [1.807, 2.05) is 0 Å². The zero-order valence-corrected chi connectivity index (χ0v) is 14.7. The highest BCUT2D eigenvalue weighted by Gasteiger charge is 2.26. The van der Waals surface area contributed by atoms with Crippen molar-refractivity contribution in [2.75, 3.05) is 20.8 Å². The van der Waals surface area contributed by atoms with Gasteiger partial charge in [0.2, 0.25) is 0 Å². The lowest BCUT2D eigenvalue weighted by Gasteiger charge is -2.25. The third kappa shape index (κ3) is 5.45. The smallest absolute Gasteiger partial charge is 0.159 e. The molecule has 0 saturated carbocycles. The largest absolute Gasteiger partial charge is 0.504 e. The van der Waals surface area contributed by atoms with Gasteiger partial charge in [0, 0.05) is 24.1 Å². The molecule has 1 atom stereocenters. The van der Waals surface area contributed by atoms with E-state index in [2.05, 4.69) is 0 Å². The quantitative estimate of drug-likeness (QED) is 0.274. The molecule has 1 aliphatic rings. The maximum absolute atomic E-state index is 11.5. The van der Waals surface area contributed by atoms with Gasteiger partial charge in [-0.15, -0.1) is 0 Å². The number of hydrogen-bond acceptors (Lipinski definition) is 6. The summed E-state index contributed by atoms with van der Waals surface area (Å²) in [5, 5.41) is 0. The Morgan fingerprint density at radius 1 is 1.42 bits per heavy atom. The Balaban J connectivity index is 3.13. The number of aldehydes is 1. The van der Waals surface area contributed by atoms with Crippen LogP contribution in [0.15, 0.2) is 46.8 Å². The number of halogens is 1. The van der Waals surface area contributed by atoms with Gasteiger partial charge in [0.25, 0.3) is 0 Å². The molecular formula is C17H21ClO6. The highest BCUT2D eigenvalue weighted by atomic mass is 35.5. The summed E-state index contributed by atoms with van der Waals surface area (Å²) in [5.74, 6) is 0.736. The minimum absolute atomic E-state index is 0.0349. The predicted octanol–water partition coefficient (Wildman–Crippen LogP) is 2.99. The summed E-state index contributed by atoms with van der Waals surface area (Å²) in [7, 11) is 2.93. The molecule has 0 fully saturated rings. The Bertz CT molecular complexity index is 574. The van der Waals surface area contributed by atoms with E-state index in [4.69, 9.17) is 30.5 Å². The van der Waals surface area contributed by atoms with Crippen LogP contribution in [0.2, 0.25) is 0 Å². The van der Waals surface area contributed by atoms with Crippen LogP contribution in [0.4, 0.5) is 0 Å². The first-order valence-electron chi connectivity index (χ1n) is 7.38. The van der Waals surface area contributed by atoms with Gasteiger partial charge in [-0.25, -0.2) is 0 Å². The highest BCUT2D eigenvalue weighted by molar-refractivity contribution is 6.26. The van der Waals surface area contributed by atoms with Gasteiger partial charge in [-0.05, 0) is 13.3 Å². The normalized spacial score (nSPS) is 19.5. The van der Waals surface area contributed by atoms with Crippen molar-refractivity contribution in [2.24, 2.45) is 0 Å². The average Bonchev–Trinajstić information content (AvgIpc) is 2.60. The summed E-state index contributed by atoms with van der Waals surface area (Å²) in [6.07, 6.45) is 5.09. The zero-order valence-electron chi connectivity index (χ0n) is 13.9. The second-order valence-corrected chi connectivity index (χ2v) is 4.92. The van der Waals surface area contributed by atoms with Crippen LogP contribution in [0.3, 0.4) is 0 Å². The van der Waals surface area contributed by atoms with Crippen LogP contribution in [0, 0.1) is 0 Å². The first kappa shape index (κ1) is 19.8. The number of rotatable bonds is 9. The fourth-order valence-electron chi connectivity index (χ4n) is 2.09. The molecule has 0 bridgehead atoms. The summed E-state index contributed by atoms with van der Waals surface area (Å²) in [4.78, 5) is 23.0. The minimum Gasteiger partial charge on any atom is -0.504 e. The second kappa shape index (κ2) is 10.5. The van der Waals surface area contributed by atoms with E-state index in [0.717, 1.165) is 5.54 Å². The van der Waals surface area contributed by atoms with Crippen molar-refractivity contribution >= 4 is 23.7 Å². The van der Waals surface area contributed by atoms with Crippen LogP contribution in [0.1, 0.15) is 19.8 Å². The Hall–Kier alpha value is -2.21. The van der Waals surface area contributed by atoms with Crippen LogP contribution in [0.25, 0.3) is 0 Å². The summed E-state index contributed by atoms with van der Waals surface area (Å²) in [6.45, 7) is 2.13. The van der Waals surface area contributed by atoms with Crippen LogP contribution >= 0.6 is 11.6 Å². The topological polar surface area (TPSA) is 71.1 Å². The standard InChI is InChI=1S/C17H21ClO6/c1-4-23-14(7-8-21-2)13(11-19)17(10-18)24-15-6-5-12(20)9-16(15)22-3/h7-11,15H,4-6H2,1-3H3/b8-7+,14-13+,17-10-/t15-/m0/s1. The van der Waals surface area contributed by atoms with E-state index in [0.29, 0.717) is 31.5 Å². The lowest BCUT2D eigenvalue weighted by molar-refractivity contribution is -0.116. The lowest BCUT2D eigenvalue weighted by atomic mass is 10.0. The van der Waals surface area contributed by atoms with Gasteiger partial charge in [0.1, 0.15) is 17.3 Å². The van der Waals surface area contributed by atoms with Gasteiger partial charge in [-0.3, -0.25) is 9.59 Å². The molecule has 132 valence electrons. The molecule has 0 aromatic carbocycles. The number of ether oxygens (including phenoxy) is 4. The molecule has 0 saturated heterocycles. The van der Waals surface area contributed by atoms with Gasteiger partial charge in [0.15, 0.2) is 18.2 Å². The lowest BCUT2D eigenvalue weighted by Crippen LogP contribution is -2.24. The first-order valence-corrected chi connectivity index (χ1v) is 7.82. The van der Waals surface area contributed by atoms with Gasteiger partial charge in [0.05, 0.1) is 32.7 Å². The highest BCUT2D eigenvalue weighted by Crippen LogP contribution is 2.26. The third-order valence-electron chi connectivity index (χ3n) is 3.18. The summed E-state index contributed by atoms with van der Waals surface area (Å²) < 4.78 is 21.3. The minimum atomic E-state index is -0.512. The van der Waals surface area contributed by atoms with Crippen molar-refractivity contribution < 1.29 is 28.5 Å². The molecule has 0 aromatic rings. The molecule has 0 spiro atoms. The van der Waals surface area contributed by atoms with E-state index < -0.39 is 6.10 Å². The molecule has 0 aliphatic heterocycles. The summed E-state index contributed by atoms with van der Waals surface area (Å²) in [6, 6.07) is 0. The molecule has 1 aliphatic carbocycles. The average molecular weight is 357 g/mol. The van der Waals surface area contributed by atoms with Crippen LogP contribution in [-0.4, -0.2) is 39.0 Å². The number of hydrogen-bond donors (Lipinski definition) is 0. The van der Waals surface area contributed by atoms with Gasteiger partial charge in [-0.1, -0.05) is 11.6 Å². The molecule has 24 heavy (non-hydrogen) atoms. The summed E-state index contributed by atoms with van der Waals surface area (Å²) >= 11 is 5.84. The molecule has 7 heteroatoms. The number of allylic oxidation sites excluding steroid dienone is 3. The molecule has 0 heterocycles. The maximum atomic E-state index is 11.5. The second-order valence-electron chi connectivity index (χ2n) is 4.70. The fraction of sp³-hybridized carbons (Fsp3) is 0.412. The molecule has 1 rings (SSSR count). The van der Waals surface area contributed by atoms with Crippen molar-refractivity contribution in [3.8, 4) is 0 Å². The predicted molar refractivity (Wildman–Crippen MR) is 89.0 cm³/mol. The molecule has 0 aromatic heterocycles. The first-order chi connectivity index (χ1) is 11.6. The SMILES string of the molecule is CCOC(/C=C/OC)=C(C=O)/C(=C/Cl)O[C@H]1CCC(=O)C=C1OC. The van der Waals surface area contributed by atoms with Crippen molar-refractivity contribution in [3.63, 3.8) is 0 Å². The molecule has 0 N–H and O–H groups in total. The Labute approximate surface area is 146 Å². The van der Waals surface area contributed by atoms with Crippen molar-refractivity contribution in [3.05, 3.63) is 46.8 Å². The third-order valence-corrected chi connectivity index (χ3v) is 3.38. The number of carbonyl (C=O) groups is 2. The van der Waals surface area contributed by atoms with E-state index in [1.54, 1.807) is 6.92 Å². The van der Waals surface area contributed by atoms with Crippen LogP contribution in [0.5, 0.6) is 0 Å². The monoisotopic (exact) mass is 356 g/mol. The molecule has 0 unspecified atom stereocenters. The van der Waals surface area contributed by atoms with Gasteiger partial charge >= 0.3 is 0 Å².